The van der Waals surface area contributed by atoms with Crippen LogP contribution in [0.15, 0.2) is 12.2 Å². The lowest BCUT2D eigenvalue weighted by Gasteiger charge is -2.27. The van der Waals surface area contributed by atoms with E-state index in [0.29, 0.717) is 24.0 Å². The van der Waals surface area contributed by atoms with Gasteiger partial charge in [-0.1, -0.05) is 38.3 Å². The van der Waals surface area contributed by atoms with Crippen LogP contribution < -0.4 is 0 Å². The molecule has 0 unspecified atom stereocenters. The maximum atomic E-state index is 8.84. The summed E-state index contributed by atoms with van der Waals surface area (Å²) in [5, 5.41) is 8.84. The molecule has 2 aliphatic heterocycles. The molecule has 3 heteroatoms. The fourth-order valence-electron chi connectivity index (χ4n) is 3.61. The summed E-state index contributed by atoms with van der Waals surface area (Å²) in [6.07, 6.45) is 13.3. The monoisotopic (exact) mass is 282 g/mol. The van der Waals surface area contributed by atoms with Crippen molar-refractivity contribution in [2.75, 3.05) is 19.8 Å². The average Bonchev–Trinajstić information content (AvgIpc) is 3.05. The molecular formula is C17H30O3. The summed E-state index contributed by atoms with van der Waals surface area (Å²) in [6, 6.07) is 0. The van der Waals surface area contributed by atoms with E-state index < -0.39 is 0 Å². The van der Waals surface area contributed by atoms with Gasteiger partial charge in [0.2, 0.25) is 0 Å². The van der Waals surface area contributed by atoms with Crippen molar-refractivity contribution in [1.29, 1.82) is 0 Å². The molecule has 0 amide bonds. The first-order valence-corrected chi connectivity index (χ1v) is 8.35. The van der Waals surface area contributed by atoms with Crippen LogP contribution in [0.2, 0.25) is 0 Å². The average molecular weight is 282 g/mol. The minimum atomic E-state index is 0.139. The quantitative estimate of drug-likeness (QED) is 0.493. The Kier molecular flexibility index (Phi) is 7.05. The maximum Gasteiger partial charge on any atom is 0.0633 e. The van der Waals surface area contributed by atoms with Gasteiger partial charge in [0.15, 0.2) is 0 Å². The highest BCUT2D eigenvalue weighted by Crippen LogP contribution is 2.45. The maximum absolute atomic E-state index is 8.84. The second-order valence-electron chi connectivity index (χ2n) is 6.14. The lowest BCUT2D eigenvalue weighted by Crippen LogP contribution is -2.30. The van der Waals surface area contributed by atoms with Crippen LogP contribution in [0.3, 0.4) is 0 Å². The molecule has 0 aromatic carbocycles. The van der Waals surface area contributed by atoms with E-state index in [1.54, 1.807) is 0 Å². The van der Waals surface area contributed by atoms with Gasteiger partial charge in [0.1, 0.15) is 0 Å². The van der Waals surface area contributed by atoms with E-state index in [9.17, 15) is 0 Å². The lowest BCUT2D eigenvalue weighted by molar-refractivity contribution is 0.0478. The molecule has 1 N–H and O–H groups in total. The van der Waals surface area contributed by atoms with Crippen LogP contribution in [0.5, 0.6) is 0 Å². The fraction of sp³-hybridized carbons (Fsp3) is 0.882. The summed E-state index contributed by atoms with van der Waals surface area (Å²) in [5.74, 6) is 1.15. The molecule has 2 bridgehead atoms. The van der Waals surface area contributed by atoms with E-state index in [4.69, 9.17) is 14.6 Å². The normalized spacial score (nSPS) is 32.5. The van der Waals surface area contributed by atoms with Crippen molar-refractivity contribution in [3.8, 4) is 0 Å². The molecular weight excluding hydrogens is 252 g/mol. The molecule has 116 valence electrons. The molecule has 2 saturated heterocycles. The van der Waals surface area contributed by atoms with Gasteiger partial charge in [-0.2, -0.15) is 0 Å². The molecule has 2 aliphatic rings. The van der Waals surface area contributed by atoms with Gasteiger partial charge in [-0.05, 0) is 31.6 Å². The van der Waals surface area contributed by atoms with E-state index in [0.717, 1.165) is 19.6 Å². The van der Waals surface area contributed by atoms with Gasteiger partial charge >= 0.3 is 0 Å². The van der Waals surface area contributed by atoms with Crippen molar-refractivity contribution in [2.24, 2.45) is 11.8 Å². The summed E-state index contributed by atoms with van der Waals surface area (Å²) in [6.45, 7) is 4.12. The van der Waals surface area contributed by atoms with Crippen molar-refractivity contribution in [1.82, 2.24) is 0 Å². The smallest absolute Gasteiger partial charge is 0.0633 e. The summed E-state index contributed by atoms with van der Waals surface area (Å²) in [4.78, 5) is 0. The van der Waals surface area contributed by atoms with Gasteiger partial charge in [0.25, 0.3) is 0 Å². The van der Waals surface area contributed by atoms with E-state index >= 15 is 0 Å². The van der Waals surface area contributed by atoms with Crippen LogP contribution in [0.1, 0.15) is 51.9 Å². The van der Waals surface area contributed by atoms with Crippen molar-refractivity contribution in [2.45, 2.75) is 64.1 Å². The Labute approximate surface area is 123 Å². The predicted molar refractivity (Wildman–Crippen MR) is 80.7 cm³/mol. The fourth-order valence-corrected chi connectivity index (χ4v) is 3.61. The molecule has 0 aromatic rings. The van der Waals surface area contributed by atoms with Crippen molar-refractivity contribution < 1.29 is 14.6 Å². The molecule has 0 aromatic heterocycles. The Morgan fingerprint density at radius 1 is 1.10 bits per heavy atom. The second kappa shape index (κ2) is 8.81. The molecule has 4 atom stereocenters. The highest BCUT2D eigenvalue weighted by atomic mass is 16.5. The van der Waals surface area contributed by atoms with E-state index in [2.05, 4.69) is 13.0 Å². The standard InChI is InChI=1S/C17H30O3/c1-2-3-4-7-12-19-13-15-14(8-5-6-11-18)16-9-10-17(15)20-16/h5-6,14-18H,2-4,7-13H2,1H3/t14-,15+,16-,17+/m1/s1. The zero-order valence-corrected chi connectivity index (χ0v) is 12.8. The number of rotatable bonds is 10. The molecule has 0 radical (unpaired) electrons. The third-order valence-electron chi connectivity index (χ3n) is 4.72. The Balaban J connectivity index is 1.69. The number of fused-ring (bicyclic) bond motifs is 2. The van der Waals surface area contributed by atoms with Crippen LogP contribution in [-0.4, -0.2) is 37.1 Å². The molecule has 3 nitrogen and oxygen atoms in total. The van der Waals surface area contributed by atoms with Crippen LogP contribution in [0, 0.1) is 11.8 Å². The van der Waals surface area contributed by atoms with E-state index in [1.807, 2.05) is 6.08 Å². The third kappa shape index (κ3) is 4.31. The zero-order chi connectivity index (χ0) is 14.2. The number of hydrogen-bond acceptors (Lipinski definition) is 3. The minimum Gasteiger partial charge on any atom is -0.392 e. The number of aliphatic hydroxyl groups is 1. The van der Waals surface area contributed by atoms with Crippen LogP contribution >= 0.6 is 0 Å². The number of unbranched alkanes of at least 4 members (excludes halogenated alkanes) is 3. The first kappa shape index (κ1) is 16.0. The topological polar surface area (TPSA) is 38.7 Å². The molecule has 2 fully saturated rings. The first-order valence-electron chi connectivity index (χ1n) is 8.35. The highest BCUT2D eigenvalue weighted by molar-refractivity contribution is 4.99. The summed E-state index contributed by atoms with van der Waals surface area (Å²) >= 11 is 0. The van der Waals surface area contributed by atoms with Gasteiger partial charge in [0.05, 0.1) is 25.4 Å². The van der Waals surface area contributed by atoms with E-state index in [-0.39, 0.29) is 6.61 Å². The number of aliphatic hydroxyl groups excluding tert-OH is 1. The molecule has 20 heavy (non-hydrogen) atoms. The second-order valence-corrected chi connectivity index (χ2v) is 6.14. The summed E-state index contributed by atoms with van der Waals surface area (Å²) < 4.78 is 11.9. The van der Waals surface area contributed by atoms with Crippen molar-refractivity contribution in [3.63, 3.8) is 0 Å². The van der Waals surface area contributed by atoms with E-state index in [1.165, 1.54) is 38.5 Å². The molecule has 0 aliphatic carbocycles. The van der Waals surface area contributed by atoms with Gasteiger partial charge < -0.3 is 14.6 Å². The molecule has 0 saturated carbocycles. The van der Waals surface area contributed by atoms with Gasteiger partial charge in [-0.25, -0.2) is 0 Å². The van der Waals surface area contributed by atoms with Gasteiger partial charge in [-0.15, -0.1) is 0 Å². The van der Waals surface area contributed by atoms with Gasteiger partial charge in [0, 0.05) is 12.5 Å². The van der Waals surface area contributed by atoms with Crippen LogP contribution in [0.25, 0.3) is 0 Å². The Morgan fingerprint density at radius 2 is 1.90 bits per heavy atom. The summed E-state index contributed by atoms with van der Waals surface area (Å²) in [5.41, 5.74) is 0. The predicted octanol–water partition coefficient (Wildman–Crippen LogP) is 3.32. The molecule has 0 spiro atoms. The Hall–Kier alpha value is -0.380. The lowest BCUT2D eigenvalue weighted by atomic mass is 9.78. The van der Waals surface area contributed by atoms with Crippen LogP contribution in [-0.2, 0) is 9.47 Å². The van der Waals surface area contributed by atoms with Gasteiger partial charge in [-0.3, -0.25) is 0 Å². The SMILES string of the molecule is CCCCCCOC[C@H]1[C@@H](CC=CCO)[C@H]2CC[C@@H]1O2. The minimum absolute atomic E-state index is 0.139. The van der Waals surface area contributed by atoms with Crippen molar-refractivity contribution >= 4 is 0 Å². The zero-order valence-electron chi connectivity index (χ0n) is 12.8. The van der Waals surface area contributed by atoms with Crippen LogP contribution in [0.4, 0.5) is 0 Å². The number of ether oxygens (including phenoxy) is 2. The first-order chi connectivity index (χ1) is 9.86. The highest BCUT2D eigenvalue weighted by Gasteiger charge is 2.47. The molecule has 2 rings (SSSR count). The number of hydrogen-bond donors (Lipinski definition) is 1. The largest absolute Gasteiger partial charge is 0.392 e. The number of allylic oxidation sites excluding steroid dienone is 1. The third-order valence-corrected chi connectivity index (χ3v) is 4.72. The Morgan fingerprint density at radius 3 is 2.65 bits per heavy atom. The Bertz CT molecular complexity index is 290. The van der Waals surface area contributed by atoms with Crippen molar-refractivity contribution in [3.05, 3.63) is 12.2 Å². The molecule has 2 heterocycles. The summed E-state index contributed by atoms with van der Waals surface area (Å²) in [7, 11) is 0.